The molecular weight excluding hydrogens is 270 g/mol. The van der Waals surface area contributed by atoms with E-state index in [0.29, 0.717) is 10.9 Å². The largest absolute Gasteiger partial charge is 0.495 e. The molecule has 2 aromatic rings. The van der Waals surface area contributed by atoms with Crippen molar-refractivity contribution in [1.29, 1.82) is 0 Å². The molecule has 2 atom stereocenters. The first-order valence-corrected chi connectivity index (χ1v) is 7.23. The molecule has 0 unspecified atom stereocenters. The number of hydrogen-bond donors (Lipinski definition) is 1. The summed E-state index contributed by atoms with van der Waals surface area (Å²) in [7, 11) is 1.65. The predicted molar refractivity (Wildman–Crippen MR) is 82.6 cm³/mol. The van der Waals surface area contributed by atoms with Crippen molar-refractivity contribution >= 4 is 11.6 Å². The molecule has 2 nitrogen and oxygen atoms in total. The Morgan fingerprint density at radius 1 is 1.20 bits per heavy atom. The van der Waals surface area contributed by atoms with Crippen molar-refractivity contribution in [3.05, 3.63) is 64.2 Å². The minimum atomic E-state index is 0.178. The zero-order valence-corrected chi connectivity index (χ0v) is 12.2. The molecule has 0 saturated heterocycles. The summed E-state index contributed by atoms with van der Waals surface area (Å²) in [5, 5.41) is 0.659. The van der Waals surface area contributed by atoms with Crippen molar-refractivity contribution in [2.45, 2.75) is 24.8 Å². The number of halogens is 1. The van der Waals surface area contributed by atoms with Crippen molar-refractivity contribution in [1.82, 2.24) is 0 Å². The molecule has 3 heteroatoms. The summed E-state index contributed by atoms with van der Waals surface area (Å²) < 4.78 is 5.36. The summed E-state index contributed by atoms with van der Waals surface area (Å²) >= 11 is 6.24. The van der Waals surface area contributed by atoms with Crippen LogP contribution in [0.25, 0.3) is 0 Å². The van der Waals surface area contributed by atoms with E-state index >= 15 is 0 Å². The summed E-state index contributed by atoms with van der Waals surface area (Å²) in [5.74, 6) is 1.06. The van der Waals surface area contributed by atoms with Gasteiger partial charge in [-0.1, -0.05) is 41.9 Å². The molecule has 0 spiro atoms. The number of methoxy groups -OCH3 is 1. The summed E-state index contributed by atoms with van der Waals surface area (Å²) in [6, 6.07) is 14.8. The Kier molecular flexibility index (Phi) is 3.68. The van der Waals surface area contributed by atoms with Crippen molar-refractivity contribution in [2.75, 3.05) is 7.11 Å². The van der Waals surface area contributed by atoms with Crippen molar-refractivity contribution in [2.24, 2.45) is 5.73 Å². The predicted octanol–water partition coefficient (Wildman–Crippen LogP) is 3.75. The minimum Gasteiger partial charge on any atom is -0.495 e. The van der Waals surface area contributed by atoms with Gasteiger partial charge in [-0.3, -0.25) is 0 Å². The lowest BCUT2D eigenvalue weighted by Crippen LogP contribution is -2.31. The summed E-state index contributed by atoms with van der Waals surface area (Å²) in [5.41, 5.74) is 10.1. The van der Waals surface area contributed by atoms with Crippen molar-refractivity contribution in [3.8, 4) is 5.75 Å². The highest BCUT2D eigenvalue weighted by molar-refractivity contribution is 6.32. The lowest BCUT2D eigenvalue weighted by atomic mass is 9.77. The maximum atomic E-state index is 6.24. The van der Waals surface area contributed by atoms with Crippen LogP contribution in [0.15, 0.2) is 42.5 Å². The molecular formula is C17H18ClNO. The van der Waals surface area contributed by atoms with E-state index in [1.54, 1.807) is 7.11 Å². The Morgan fingerprint density at radius 3 is 2.65 bits per heavy atom. The number of nitrogens with two attached hydrogens (primary N) is 1. The molecule has 0 fully saturated rings. The molecule has 0 heterocycles. The fraction of sp³-hybridized carbons (Fsp3) is 0.294. The monoisotopic (exact) mass is 287 g/mol. The van der Waals surface area contributed by atoms with E-state index in [2.05, 4.69) is 30.3 Å². The second kappa shape index (κ2) is 5.47. The Labute approximate surface area is 124 Å². The van der Waals surface area contributed by atoms with Gasteiger partial charge < -0.3 is 10.5 Å². The van der Waals surface area contributed by atoms with Crippen LogP contribution >= 0.6 is 11.6 Å². The third kappa shape index (κ3) is 2.41. The first-order chi connectivity index (χ1) is 9.69. The first kappa shape index (κ1) is 13.5. The van der Waals surface area contributed by atoms with E-state index in [1.807, 2.05) is 12.1 Å². The van der Waals surface area contributed by atoms with E-state index in [0.717, 1.165) is 18.6 Å². The van der Waals surface area contributed by atoms with Gasteiger partial charge in [0, 0.05) is 12.0 Å². The van der Waals surface area contributed by atoms with Gasteiger partial charge in [0.15, 0.2) is 0 Å². The number of benzene rings is 2. The molecule has 20 heavy (non-hydrogen) atoms. The molecule has 1 aliphatic rings. The second-order valence-electron chi connectivity index (χ2n) is 5.35. The smallest absolute Gasteiger partial charge is 0.137 e. The lowest BCUT2D eigenvalue weighted by Gasteiger charge is -2.30. The zero-order chi connectivity index (χ0) is 14.1. The third-order valence-electron chi connectivity index (χ3n) is 4.01. The van der Waals surface area contributed by atoms with Gasteiger partial charge in [-0.15, -0.1) is 0 Å². The number of rotatable bonds is 2. The van der Waals surface area contributed by atoms with Gasteiger partial charge in [0.25, 0.3) is 0 Å². The molecule has 0 bridgehead atoms. The van der Waals surface area contributed by atoms with Gasteiger partial charge in [-0.2, -0.15) is 0 Å². The molecule has 0 saturated carbocycles. The van der Waals surface area contributed by atoms with Crippen molar-refractivity contribution in [3.63, 3.8) is 0 Å². The normalized spacial score (nSPS) is 21.4. The van der Waals surface area contributed by atoms with Crippen LogP contribution in [0.1, 0.15) is 29.0 Å². The SMILES string of the molecule is COc1cc2c(cc1Cl)C[C@H](N)C[C@H]2c1ccccc1. The molecule has 1 aliphatic carbocycles. The van der Waals surface area contributed by atoms with Crippen LogP contribution in [0.3, 0.4) is 0 Å². The molecule has 3 rings (SSSR count). The second-order valence-corrected chi connectivity index (χ2v) is 5.76. The van der Waals surface area contributed by atoms with E-state index in [9.17, 15) is 0 Å². The average molecular weight is 288 g/mol. The lowest BCUT2D eigenvalue weighted by molar-refractivity contribution is 0.412. The first-order valence-electron chi connectivity index (χ1n) is 6.86. The Balaban J connectivity index is 2.11. The van der Waals surface area contributed by atoms with Crippen LogP contribution in [0.4, 0.5) is 0 Å². The quantitative estimate of drug-likeness (QED) is 0.913. The summed E-state index contributed by atoms with van der Waals surface area (Å²) in [6.07, 6.45) is 1.84. The van der Waals surface area contributed by atoms with Crippen LogP contribution in [0.5, 0.6) is 5.75 Å². The maximum Gasteiger partial charge on any atom is 0.137 e. The fourth-order valence-corrected chi connectivity index (χ4v) is 3.33. The van der Waals surface area contributed by atoms with Gasteiger partial charge in [-0.25, -0.2) is 0 Å². The molecule has 0 amide bonds. The van der Waals surface area contributed by atoms with E-state index in [4.69, 9.17) is 22.1 Å². The standard InChI is InChI=1S/C17H18ClNO/c1-20-17-10-15-12(8-16(17)18)7-13(19)9-14(15)11-5-3-2-4-6-11/h2-6,8,10,13-14H,7,9,19H2,1H3/t13-,14-/m0/s1. The van der Waals surface area contributed by atoms with Crippen LogP contribution in [-0.4, -0.2) is 13.2 Å². The molecule has 2 N–H and O–H groups in total. The Bertz CT molecular complexity index is 612. The van der Waals surface area contributed by atoms with Gasteiger partial charge in [0.1, 0.15) is 5.75 Å². The van der Waals surface area contributed by atoms with Gasteiger partial charge >= 0.3 is 0 Å². The Morgan fingerprint density at radius 2 is 1.95 bits per heavy atom. The molecule has 0 aliphatic heterocycles. The van der Waals surface area contributed by atoms with Gasteiger partial charge in [0.05, 0.1) is 12.1 Å². The Hall–Kier alpha value is -1.51. The summed E-state index contributed by atoms with van der Waals surface area (Å²) in [4.78, 5) is 0. The van der Waals surface area contributed by atoms with Gasteiger partial charge in [0.2, 0.25) is 0 Å². The van der Waals surface area contributed by atoms with Crippen LogP contribution in [-0.2, 0) is 6.42 Å². The fourth-order valence-electron chi connectivity index (χ4n) is 3.06. The number of fused-ring (bicyclic) bond motifs is 1. The van der Waals surface area contributed by atoms with Crippen LogP contribution in [0.2, 0.25) is 5.02 Å². The number of hydrogen-bond acceptors (Lipinski definition) is 2. The third-order valence-corrected chi connectivity index (χ3v) is 4.31. The van der Waals surface area contributed by atoms with E-state index < -0.39 is 0 Å². The molecule has 104 valence electrons. The summed E-state index contributed by atoms with van der Waals surface area (Å²) in [6.45, 7) is 0. The highest BCUT2D eigenvalue weighted by Crippen LogP contribution is 2.40. The zero-order valence-electron chi connectivity index (χ0n) is 11.5. The van der Waals surface area contributed by atoms with Gasteiger partial charge in [-0.05, 0) is 41.7 Å². The van der Waals surface area contributed by atoms with E-state index in [1.165, 1.54) is 16.7 Å². The van der Waals surface area contributed by atoms with E-state index in [-0.39, 0.29) is 6.04 Å². The topological polar surface area (TPSA) is 35.2 Å². The molecule has 2 aromatic carbocycles. The maximum absolute atomic E-state index is 6.24. The van der Waals surface area contributed by atoms with Crippen LogP contribution < -0.4 is 10.5 Å². The highest BCUT2D eigenvalue weighted by atomic mass is 35.5. The minimum absolute atomic E-state index is 0.178. The molecule has 0 radical (unpaired) electrons. The highest BCUT2D eigenvalue weighted by Gasteiger charge is 2.27. The number of ether oxygens (including phenoxy) is 1. The molecule has 0 aromatic heterocycles. The van der Waals surface area contributed by atoms with Crippen molar-refractivity contribution < 1.29 is 4.74 Å². The average Bonchev–Trinajstić information content (AvgIpc) is 2.46. The van der Waals surface area contributed by atoms with Crippen LogP contribution in [0, 0.1) is 0 Å².